The molecule has 1 aliphatic heterocycles. The number of hydrogen-bond donors (Lipinski definition) is 0. The van der Waals surface area contributed by atoms with E-state index >= 15 is 0 Å². The molecule has 0 spiro atoms. The van der Waals surface area contributed by atoms with E-state index in [2.05, 4.69) is 11.7 Å². The minimum Gasteiger partial charge on any atom is -0.468 e. The first-order valence-corrected chi connectivity index (χ1v) is 6.63. The summed E-state index contributed by atoms with van der Waals surface area (Å²) in [5, 5.41) is 0. The molecule has 0 aromatic rings. The number of likely N-dealkylation sites (N-methyl/N-ethyl adjacent to an activating group) is 1. The van der Waals surface area contributed by atoms with Crippen molar-refractivity contribution in [1.82, 2.24) is 9.80 Å². The third kappa shape index (κ3) is 4.64. The van der Waals surface area contributed by atoms with Crippen LogP contribution < -0.4 is 0 Å². The number of carbonyl (C=O) groups excluding carboxylic acids is 2. The van der Waals surface area contributed by atoms with E-state index in [0.29, 0.717) is 19.0 Å². The number of ether oxygens (including phenoxy) is 1. The molecule has 0 aromatic carbocycles. The average Bonchev–Trinajstić information content (AvgIpc) is 2.38. The molecule has 0 aliphatic carbocycles. The summed E-state index contributed by atoms with van der Waals surface area (Å²) in [6.45, 7) is 7.01. The van der Waals surface area contributed by atoms with Crippen LogP contribution in [0.2, 0.25) is 0 Å². The molecular formula is C13H24N2O3. The van der Waals surface area contributed by atoms with E-state index in [1.165, 1.54) is 7.11 Å². The van der Waals surface area contributed by atoms with Gasteiger partial charge in [0.15, 0.2) is 0 Å². The Morgan fingerprint density at radius 3 is 2.39 bits per heavy atom. The highest BCUT2D eigenvalue weighted by molar-refractivity contribution is 5.79. The zero-order valence-corrected chi connectivity index (χ0v) is 11.6. The highest BCUT2D eigenvalue weighted by Crippen LogP contribution is 2.16. The molecule has 0 bridgehead atoms. The first-order valence-electron chi connectivity index (χ1n) is 6.63. The zero-order valence-electron chi connectivity index (χ0n) is 11.6. The molecule has 1 saturated heterocycles. The topological polar surface area (TPSA) is 49.9 Å². The fourth-order valence-corrected chi connectivity index (χ4v) is 2.08. The van der Waals surface area contributed by atoms with Crippen molar-refractivity contribution >= 4 is 11.9 Å². The van der Waals surface area contributed by atoms with Crippen LogP contribution in [0, 0.1) is 5.92 Å². The number of amides is 1. The zero-order chi connectivity index (χ0) is 13.5. The van der Waals surface area contributed by atoms with Gasteiger partial charge in [0.2, 0.25) is 5.91 Å². The SMILES string of the molecule is CCN(CC(=O)OC)CC(=O)N1CCC(C)CC1. The van der Waals surface area contributed by atoms with Gasteiger partial charge in [-0.3, -0.25) is 14.5 Å². The molecule has 5 nitrogen and oxygen atoms in total. The van der Waals surface area contributed by atoms with Crippen LogP contribution in [0.4, 0.5) is 0 Å². The van der Waals surface area contributed by atoms with Gasteiger partial charge in [-0.2, -0.15) is 0 Å². The number of carbonyl (C=O) groups is 2. The Kier molecular flexibility index (Phi) is 6.12. The first-order chi connectivity index (χ1) is 8.56. The Hall–Kier alpha value is -1.10. The van der Waals surface area contributed by atoms with Crippen LogP contribution in [-0.2, 0) is 14.3 Å². The molecule has 1 fully saturated rings. The van der Waals surface area contributed by atoms with Crippen molar-refractivity contribution < 1.29 is 14.3 Å². The van der Waals surface area contributed by atoms with E-state index in [1.807, 2.05) is 16.7 Å². The molecule has 18 heavy (non-hydrogen) atoms. The van der Waals surface area contributed by atoms with Gasteiger partial charge in [0.25, 0.3) is 0 Å². The Balaban J connectivity index is 2.39. The van der Waals surface area contributed by atoms with Crippen molar-refractivity contribution in [2.45, 2.75) is 26.7 Å². The number of likely N-dealkylation sites (tertiary alicyclic amines) is 1. The molecule has 1 amide bonds. The molecule has 0 radical (unpaired) electrons. The predicted octanol–water partition coefficient (Wildman–Crippen LogP) is 0.740. The molecule has 5 heteroatoms. The molecule has 0 unspecified atom stereocenters. The van der Waals surface area contributed by atoms with Crippen LogP contribution in [-0.4, -0.2) is 61.5 Å². The van der Waals surface area contributed by atoms with Gasteiger partial charge in [-0.05, 0) is 25.3 Å². The summed E-state index contributed by atoms with van der Waals surface area (Å²) >= 11 is 0. The summed E-state index contributed by atoms with van der Waals surface area (Å²) in [6.07, 6.45) is 2.16. The summed E-state index contributed by atoms with van der Waals surface area (Å²) in [6, 6.07) is 0. The van der Waals surface area contributed by atoms with Crippen LogP contribution in [0.15, 0.2) is 0 Å². The molecule has 0 atom stereocenters. The molecule has 1 heterocycles. The molecule has 0 N–H and O–H groups in total. The van der Waals surface area contributed by atoms with Gasteiger partial charge in [0.05, 0.1) is 20.2 Å². The van der Waals surface area contributed by atoms with Gasteiger partial charge >= 0.3 is 5.97 Å². The normalized spacial score (nSPS) is 17.0. The smallest absolute Gasteiger partial charge is 0.319 e. The van der Waals surface area contributed by atoms with Crippen LogP contribution >= 0.6 is 0 Å². The van der Waals surface area contributed by atoms with E-state index in [4.69, 9.17) is 0 Å². The second-order valence-corrected chi connectivity index (χ2v) is 4.94. The van der Waals surface area contributed by atoms with E-state index in [-0.39, 0.29) is 18.4 Å². The number of methoxy groups -OCH3 is 1. The van der Waals surface area contributed by atoms with Gasteiger partial charge in [-0.15, -0.1) is 0 Å². The monoisotopic (exact) mass is 256 g/mol. The lowest BCUT2D eigenvalue weighted by Crippen LogP contribution is -2.45. The van der Waals surface area contributed by atoms with E-state index in [9.17, 15) is 9.59 Å². The van der Waals surface area contributed by atoms with Crippen LogP contribution in [0.3, 0.4) is 0 Å². The summed E-state index contributed by atoms with van der Waals surface area (Å²) in [5.74, 6) is 0.538. The van der Waals surface area contributed by atoms with Gasteiger partial charge in [0, 0.05) is 13.1 Å². The summed E-state index contributed by atoms with van der Waals surface area (Å²) in [4.78, 5) is 27.0. The van der Waals surface area contributed by atoms with Crippen molar-refractivity contribution in [2.75, 3.05) is 39.8 Å². The predicted molar refractivity (Wildman–Crippen MR) is 69.1 cm³/mol. The molecule has 0 aromatic heterocycles. The first kappa shape index (κ1) is 15.0. The lowest BCUT2D eigenvalue weighted by Gasteiger charge is -2.32. The number of nitrogens with zero attached hydrogens (tertiary/aromatic N) is 2. The maximum absolute atomic E-state index is 12.1. The Labute approximate surface area is 109 Å². The van der Waals surface area contributed by atoms with Crippen molar-refractivity contribution in [1.29, 1.82) is 0 Å². The minimum atomic E-state index is -0.295. The maximum atomic E-state index is 12.1. The fourth-order valence-electron chi connectivity index (χ4n) is 2.08. The third-order valence-corrected chi connectivity index (χ3v) is 3.52. The van der Waals surface area contributed by atoms with E-state index in [0.717, 1.165) is 25.9 Å². The Morgan fingerprint density at radius 1 is 1.28 bits per heavy atom. The van der Waals surface area contributed by atoms with Crippen LogP contribution in [0.1, 0.15) is 26.7 Å². The summed E-state index contributed by atoms with van der Waals surface area (Å²) in [5.41, 5.74) is 0. The average molecular weight is 256 g/mol. The van der Waals surface area contributed by atoms with Gasteiger partial charge in [-0.1, -0.05) is 13.8 Å². The van der Waals surface area contributed by atoms with Crippen molar-refractivity contribution in [2.24, 2.45) is 5.92 Å². The number of hydrogen-bond acceptors (Lipinski definition) is 4. The quantitative estimate of drug-likeness (QED) is 0.681. The Morgan fingerprint density at radius 2 is 1.89 bits per heavy atom. The van der Waals surface area contributed by atoms with Gasteiger partial charge < -0.3 is 9.64 Å². The van der Waals surface area contributed by atoms with Gasteiger partial charge in [-0.25, -0.2) is 0 Å². The van der Waals surface area contributed by atoms with Crippen molar-refractivity contribution in [3.05, 3.63) is 0 Å². The van der Waals surface area contributed by atoms with Crippen molar-refractivity contribution in [3.63, 3.8) is 0 Å². The summed E-state index contributed by atoms with van der Waals surface area (Å²) < 4.78 is 4.62. The highest BCUT2D eigenvalue weighted by atomic mass is 16.5. The van der Waals surface area contributed by atoms with Crippen molar-refractivity contribution in [3.8, 4) is 0 Å². The second-order valence-electron chi connectivity index (χ2n) is 4.94. The lowest BCUT2D eigenvalue weighted by atomic mass is 9.99. The molecule has 0 saturated carbocycles. The van der Waals surface area contributed by atoms with E-state index in [1.54, 1.807) is 0 Å². The van der Waals surface area contributed by atoms with Crippen LogP contribution in [0.5, 0.6) is 0 Å². The molecule has 104 valence electrons. The highest BCUT2D eigenvalue weighted by Gasteiger charge is 2.22. The molecule has 1 rings (SSSR count). The third-order valence-electron chi connectivity index (χ3n) is 3.52. The van der Waals surface area contributed by atoms with Gasteiger partial charge in [0.1, 0.15) is 0 Å². The number of rotatable bonds is 5. The molecule has 1 aliphatic rings. The van der Waals surface area contributed by atoms with E-state index < -0.39 is 0 Å². The fraction of sp³-hybridized carbons (Fsp3) is 0.846. The number of piperidine rings is 1. The standard InChI is InChI=1S/C13H24N2O3/c1-4-14(10-13(17)18-3)9-12(16)15-7-5-11(2)6-8-15/h11H,4-10H2,1-3H3. The van der Waals surface area contributed by atoms with Crippen LogP contribution in [0.25, 0.3) is 0 Å². The Bertz CT molecular complexity index is 286. The number of esters is 1. The molecular weight excluding hydrogens is 232 g/mol. The second kappa shape index (κ2) is 7.36. The summed E-state index contributed by atoms with van der Waals surface area (Å²) in [7, 11) is 1.37. The lowest BCUT2D eigenvalue weighted by molar-refractivity contribution is -0.143. The maximum Gasteiger partial charge on any atom is 0.319 e. The largest absolute Gasteiger partial charge is 0.468 e. The minimum absolute atomic E-state index is 0.118.